The molecule has 0 aromatic heterocycles. The van der Waals surface area contributed by atoms with Crippen LogP contribution in [0.5, 0.6) is 0 Å². The second-order valence-corrected chi connectivity index (χ2v) is 5.56. The number of hydrogen-bond donors (Lipinski definition) is 2. The van der Waals surface area contributed by atoms with Gasteiger partial charge in [-0.05, 0) is 36.0 Å². The molecule has 3 rings (SSSR count). The summed E-state index contributed by atoms with van der Waals surface area (Å²) in [7, 11) is 0. The highest BCUT2D eigenvalue weighted by Crippen LogP contribution is 2.32. The van der Waals surface area contributed by atoms with Gasteiger partial charge in [0, 0.05) is 18.2 Å². The number of nitrogens with one attached hydrogen (secondary N) is 1. The van der Waals surface area contributed by atoms with E-state index in [1.807, 2.05) is 54.6 Å². The van der Waals surface area contributed by atoms with Crippen LogP contribution in [0.1, 0.15) is 23.2 Å². The lowest BCUT2D eigenvalue weighted by Gasteiger charge is -2.17. The molecule has 0 aliphatic heterocycles. The van der Waals surface area contributed by atoms with Crippen molar-refractivity contribution in [2.24, 2.45) is 11.7 Å². The predicted octanol–water partition coefficient (Wildman–Crippen LogP) is 2.82. The monoisotopic (exact) mass is 280 g/mol. The lowest BCUT2D eigenvalue weighted by molar-refractivity contribution is 0.0934. The molecule has 0 heterocycles. The van der Waals surface area contributed by atoms with E-state index < -0.39 is 0 Å². The summed E-state index contributed by atoms with van der Waals surface area (Å²) in [6.45, 7) is 0.504. The predicted molar refractivity (Wildman–Crippen MR) is 84.9 cm³/mol. The van der Waals surface area contributed by atoms with Gasteiger partial charge < -0.3 is 11.1 Å². The highest BCUT2D eigenvalue weighted by atomic mass is 16.1. The van der Waals surface area contributed by atoms with Gasteiger partial charge in [0.2, 0.25) is 0 Å². The Morgan fingerprint density at radius 1 is 1.10 bits per heavy atom. The Kier molecular flexibility index (Phi) is 4.02. The SMILES string of the molecule is NC[C@@H](NC(=O)c1ccccc1-c1ccccc1)C1CC1. The van der Waals surface area contributed by atoms with Crippen LogP contribution in [0.4, 0.5) is 0 Å². The standard InChI is InChI=1S/C18H20N2O/c19-12-17(14-10-11-14)20-18(21)16-9-5-4-8-15(16)13-6-2-1-3-7-13/h1-9,14,17H,10-12,19H2,(H,20,21)/t17-/m1/s1. The second-order valence-electron chi connectivity index (χ2n) is 5.56. The minimum atomic E-state index is -0.0307. The second kappa shape index (κ2) is 6.10. The number of nitrogens with two attached hydrogens (primary N) is 1. The summed E-state index contributed by atoms with van der Waals surface area (Å²) >= 11 is 0. The van der Waals surface area contributed by atoms with E-state index in [1.54, 1.807) is 0 Å². The zero-order valence-electron chi connectivity index (χ0n) is 12.0. The van der Waals surface area contributed by atoms with Crippen molar-refractivity contribution in [2.45, 2.75) is 18.9 Å². The van der Waals surface area contributed by atoms with Crippen molar-refractivity contribution in [3.63, 3.8) is 0 Å². The minimum absolute atomic E-state index is 0.0307. The third-order valence-electron chi connectivity index (χ3n) is 4.02. The smallest absolute Gasteiger partial charge is 0.252 e. The van der Waals surface area contributed by atoms with Crippen LogP contribution < -0.4 is 11.1 Å². The molecule has 2 aromatic rings. The molecular weight excluding hydrogens is 260 g/mol. The van der Waals surface area contributed by atoms with Crippen molar-refractivity contribution in [3.05, 3.63) is 60.2 Å². The maximum Gasteiger partial charge on any atom is 0.252 e. The number of amides is 1. The Morgan fingerprint density at radius 3 is 2.43 bits per heavy atom. The van der Waals surface area contributed by atoms with Crippen molar-refractivity contribution in [1.82, 2.24) is 5.32 Å². The van der Waals surface area contributed by atoms with Gasteiger partial charge in [0.1, 0.15) is 0 Å². The normalized spacial score (nSPS) is 15.5. The first-order valence-corrected chi connectivity index (χ1v) is 7.45. The molecule has 0 radical (unpaired) electrons. The van der Waals surface area contributed by atoms with Gasteiger partial charge in [-0.15, -0.1) is 0 Å². The molecule has 3 heteroatoms. The summed E-state index contributed by atoms with van der Waals surface area (Å²) < 4.78 is 0. The summed E-state index contributed by atoms with van der Waals surface area (Å²) in [5.74, 6) is 0.527. The number of benzene rings is 2. The Bertz CT molecular complexity index is 620. The van der Waals surface area contributed by atoms with Gasteiger partial charge in [0.05, 0.1) is 0 Å². The summed E-state index contributed by atoms with van der Waals surface area (Å²) in [5.41, 5.74) is 8.50. The molecular formula is C18H20N2O. The van der Waals surface area contributed by atoms with Crippen LogP contribution in [0.15, 0.2) is 54.6 Å². The fraction of sp³-hybridized carbons (Fsp3) is 0.278. The van der Waals surface area contributed by atoms with Crippen molar-refractivity contribution in [3.8, 4) is 11.1 Å². The Hall–Kier alpha value is -2.13. The molecule has 0 saturated heterocycles. The van der Waals surface area contributed by atoms with Crippen LogP contribution in [0.3, 0.4) is 0 Å². The zero-order chi connectivity index (χ0) is 14.7. The highest BCUT2D eigenvalue weighted by Gasteiger charge is 2.31. The average molecular weight is 280 g/mol. The topological polar surface area (TPSA) is 55.1 Å². The van der Waals surface area contributed by atoms with E-state index in [4.69, 9.17) is 5.73 Å². The summed E-state index contributed by atoms with van der Waals surface area (Å²) in [6, 6.07) is 17.8. The molecule has 1 saturated carbocycles. The van der Waals surface area contributed by atoms with E-state index in [2.05, 4.69) is 5.32 Å². The lowest BCUT2D eigenvalue weighted by atomic mass is 9.99. The fourth-order valence-electron chi connectivity index (χ4n) is 2.66. The van der Waals surface area contributed by atoms with Gasteiger partial charge in [-0.2, -0.15) is 0 Å². The van der Waals surface area contributed by atoms with Gasteiger partial charge >= 0.3 is 0 Å². The van der Waals surface area contributed by atoms with E-state index in [0.717, 1.165) is 11.1 Å². The number of carbonyl (C=O) groups excluding carboxylic acids is 1. The van der Waals surface area contributed by atoms with Crippen LogP contribution in [0.25, 0.3) is 11.1 Å². The summed E-state index contributed by atoms with van der Waals surface area (Å²) in [6.07, 6.45) is 2.34. The first kappa shape index (κ1) is 13.8. The van der Waals surface area contributed by atoms with Crippen molar-refractivity contribution >= 4 is 5.91 Å². The fourth-order valence-corrected chi connectivity index (χ4v) is 2.66. The molecule has 1 amide bonds. The molecule has 108 valence electrons. The van der Waals surface area contributed by atoms with Gasteiger partial charge in [-0.3, -0.25) is 4.79 Å². The third kappa shape index (κ3) is 3.14. The van der Waals surface area contributed by atoms with E-state index in [0.29, 0.717) is 18.0 Å². The van der Waals surface area contributed by atoms with E-state index >= 15 is 0 Å². The van der Waals surface area contributed by atoms with Crippen LogP contribution in [-0.2, 0) is 0 Å². The number of carbonyl (C=O) groups is 1. The van der Waals surface area contributed by atoms with Crippen LogP contribution in [-0.4, -0.2) is 18.5 Å². The first-order valence-electron chi connectivity index (χ1n) is 7.45. The number of rotatable bonds is 5. The Balaban J connectivity index is 1.86. The average Bonchev–Trinajstić information content (AvgIpc) is 3.38. The highest BCUT2D eigenvalue weighted by molar-refractivity contribution is 6.01. The first-order chi connectivity index (χ1) is 10.3. The van der Waals surface area contributed by atoms with Gasteiger partial charge in [0.15, 0.2) is 0 Å². The Labute approximate surface area is 125 Å². The van der Waals surface area contributed by atoms with E-state index in [1.165, 1.54) is 12.8 Å². The maximum absolute atomic E-state index is 12.6. The molecule has 1 atom stereocenters. The van der Waals surface area contributed by atoms with Gasteiger partial charge in [-0.25, -0.2) is 0 Å². The summed E-state index contributed by atoms with van der Waals surface area (Å²) in [4.78, 5) is 12.6. The number of hydrogen-bond acceptors (Lipinski definition) is 2. The minimum Gasteiger partial charge on any atom is -0.348 e. The van der Waals surface area contributed by atoms with E-state index in [-0.39, 0.29) is 11.9 Å². The molecule has 0 spiro atoms. The van der Waals surface area contributed by atoms with Gasteiger partial charge in [-0.1, -0.05) is 48.5 Å². The molecule has 21 heavy (non-hydrogen) atoms. The van der Waals surface area contributed by atoms with Crippen LogP contribution in [0.2, 0.25) is 0 Å². The quantitative estimate of drug-likeness (QED) is 0.885. The van der Waals surface area contributed by atoms with Crippen LogP contribution >= 0.6 is 0 Å². The third-order valence-corrected chi connectivity index (χ3v) is 4.02. The van der Waals surface area contributed by atoms with Crippen molar-refractivity contribution in [2.75, 3.05) is 6.54 Å². The molecule has 2 aromatic carbocycles. The van der Waals surface area contributed by atoms with Gasteiger partial charge in [0.25, 0.3) is 5.91 Å². The molecule has 1 aliphatic rings. The lowest BCUT2D eigenvalue weighted by Crippen LogP contribution is -2.41. The molecule has 0 unspecified atom stereocenters. The van der Waals surface area contributed by atoms with Crippen LogP contribution in [0, 0.1) is 5.92 Å². The molecule has 1 fully saturated rings. The van der Waals surface area contributed by atoms with E-state index in [9.17, 15) is 4.79 Å². The van der Waals surface area contributed by atoms with Crippen molar-refractivity contribution in [1.29, 1.82) is 0 Å². The Morgan fingerprint density at radius 2 is 1.76 bits per heavy atom. The maximum atomic E-state index is 12.6. The molecule has 0 bridgehead atoms. The summed E-state index contributed by atoms with van der Waals surface area (Å²) in [5, 5.41) is 3.09. The molecule has 1 aliphatic carbocycles. The van der Waals surface area contributed by atoms with Crippen molar-refractivity contribution < 1.29 is 4.79 Å². The molecule has 3 nitrogen and oxygen atoms in total. The largest absolute Gasteiger partial charge is 0.348 e. The molecule has 3 N–H and O–H groups in total. The zero-order valence-corrected chi connectivity index (χ0v) is 12.0.